The number of nitrogens with zero attached hydrogens (tertiary/aromatic N) is 1. The van der Waals surface area contributed by atoms with E-state index >= 15 is 0 Å². The molecular weight excluding hydrogens is 372 g/mol. The smallest absolute Gasteiger partial charge is 0.226 e. The molecule has 0 aliphatic heterocycles. The normalized spacial score (nSPS) is 11.1. The second-order valence-electron chi connectivity index (χ2n) is 6.67. The van der Waals surface area contributed by atoms with E-state index in [-0.39, 0.29) is 11.3 Å². The van der Waals surface area contributed by atoms with Crippen LogP contribution in [0.3, 0.4) is 0 Å². The minimum absolute atomic E-state index is 0.0387. The summed E-state index contributed by atoms with van der Waals surface area (Å²) >= 11 is 1.41. The van der Waals surface area contributed by atoms with Gasteiger partial charge in [0.1, 0.15) is 11.5 Å². The third-order valence-electron chi connectivity index (χ3n) is 4.99. The highest BCUT2D eigenvalue weighted by molar-refractivity contribution is 7.13. The number of amides is 1. The van der Waals surface area contributed by atoms with Crippen molar-refractivity contribution in [2.45, 2.75) is 25.2 Å². The Morgan fingerprint density at radius 2 is 1.54 bits per heavy atom. The highest BCUT2D eigenvalue weighted by Crippen LogP contribution is 2.38. The molecule has 146 valence electrons. The topological polar surface area (TPSA) is 60.5 Å². The van der Waals surface area contributed by atoms with Crippen molar-refractivity contribution in [1.82, 2.24) is 4.98 Å². The number of rotatable bonds is 8. The van der Waals surface area contributed by atoms with E-state index in [4.69, 9.17) is 9.47 Å². The van der Waals surface area contributed by atoms with Crippen molar-refractivity contribution in [3.63, 3.8) is 0 Å². The fourth-order valence-electron chi connectivity index (χ4n) is 3.20. The molecule has 1 amide bonds. The minimum Gasteiger partial charge on any atom is -0.497 e. The van der Waals surface area contributed by atoms with Crippen LogP contribution < -0.4 is 14.8 Å². The van der Waals surface area contributed by atoms with Crippen LogP contribution in [0.5, 0.6) is 11.5 Å². The van der Waals surface area contributed by atoms with Gasteiger partial charge in [-0.25, -0.2) is 4.98 Å². The van der Waals surface area contributed by atoms with Crippen molar-refractivity contribution in [2.24, 2.45) is 0 Å². The van der Waals surface area contributed by atoms with Gasteiger partial charge in [0, 0.05) is 23.4 Å². The molecule has 2 aromatic carbocycles. The molecule has 5 nitrogen and oxygen atoms in total. The summed E-state index contributed by atoms with van der Waals surface area (Å²) in [7, 11) is 3.31. The predicted octanol–water partition coefficient (Wildman–Crippen LogP) is 4.89. The first-order valence-electron chi connectivity index (χ1n) is 9.03. The van der Waals surface area contributed by atoms with E-state index in [0.29, 0.717) is 18.0 Å². The summed E-state index contributed by atoms with van der Waals surface area (Å²) in [5.41, 5.74) is 1.92. The lowest BCUT2D eigenvalue weighted by atomic mass is 9.73. The summed E-state index contributed by atoms with van der Waals surface area (Å²) in [5, 5.41) is 5.33. The van der Waals surface area contributed by atoms with Gasteiger partial charge in [0.2, 0.25) is 5.91 Å². The van der Waals surface area contributed by atoms with Crippen LogP contribution in [0.1, 0.15) is 30.9 Å². The van der Waals surface area contributed by atoms with E-state index in [1.165, 1.54) is 11.3 Å². The molecule has 0 aliphatic carbocycles. The molecule has 3 rings (SSSR count). The lowest BCUT2D eigenvalue weighted by Crippen LogP contribution is -2.26. The van der Waals surface area contributed by atoms with E-state index < -0.39 is 0 Å². The standard InChI is InChI=1S/C22H24N2O3S/c1-22(16-4-8-18(26-2)9-5-16,17-6-10-19(27-3)11-7-17)13-12-20(25)24-21-23-14-15-28-21/h4-11,14-15H,12-13H2,1-3H3,(H,23,24,25). The molecule has 0 saturated heterocycles. The van der Waals surface area contributed by atoms with Gasteiger partial charge in [-0.05, 0) is 41.8 Å². The number of methoxy groups -OCH3 is 2. The maximum absolute atomic E-state index is 12.4. The molecule has 0 bridgehead atoms. The highest BCUT2D eigenvalue weighted by atomic mass is 32.1. The Morgan fingerprint density at radius 3 is 1.96 bits per heavy atom. The van der Waals surface area contributed by atoms with Crippen LogP contribution in [0.2, 0.25) is 0 Å². The molecule has 0 saturated carbocycles. The molecule has 1 heterocycles. The highest BCUT2D eigenvalue weighted by Gasteiger charge is 2.30. The van der Waals surface area contributed by atoms with Gasteiger partial charge < -0.3 is 14.8 Å². The predicted molar refractivity (Wildman–Crippen MR) is 112 cm³/mol. The number of benzene rings is 2. The molecule has 1 N–H and O–H groups in total. The molecule has 0 atom stereocenters. The molecule has 6 heteroatoms. The van der Waals surface area contributed by atoms with Gasteiger partial charge in [-0.15, -0.1) is 11.3 Å². The summed E-state index contributed by atoms with van der Waals surface area (Å²) in [6.07, 6.45) is 2.72. The minimum atomic E-state index is -0.335. The van der Waals surface area contributed by atoms with Crippen LogP contribution in [0.4, 0.5) is 5.13 Å². The number of nitrogens with one attached hydrogen (secondary N) is 1. The summed E-state index contributed by atoms with van der Waals surface area (Å²) in [5.74, 6) is 1.58. The number of hydrogen-bond acceptors (Lipinski definition) is 5. The Labute approximate surface area is 169 Å². The molecule has 0 radical (unpaired) electrons. The van der Waals surface area contributed by atoms with Crippen molar-refractivity contribution < 1.29 is 14.3 Å². The number of anilines is 1. The van der Waals surface area contributed by atoms with Gasteiger partial charge >= 0.3 is 0 Å². The SMILES string of the molecule is COc1ccc(C(C)(CCC(=O)Nc2nccs2)c2ccc(OC)cc2)cc1. The largest absolute Gasteiger partial charge is 0.497 e. The van der Waals surface area contributed by atoms with E-state index in [9.17, 15) is 4.79 Å². The van der Waals surface area contributed by atoms with Crippen molar-refractivity contribution >= 4 is 22.4 Å². The third-order valence-corrected chi connectivity index (χ3v) is 5.67. The molecule has 0 fully saturated rings. The van der Waals surface area contributed by atoms with Gasteiger partial charge in [0.15, 0.2) is 5.13 Å². The molecule has 0 aliphatic rings. The van der Waals surface area contributed by atoms with Crippen LogP contribution in [-0.4, -0.2) is 25.1 Å². The lowest BCUT2D eigenvalue weighted by molar-refractivity contribution is -0.116. The van der Waals surface area contributed by atoms with Crippen molar-refractivity contribution in [2.75, 3.05) is 19.5 Å². The summed E-state index contributed by atoms with van der Waals surface area (Å²) in [6, 6.07) is 16.0. The van der Waals surface area contributed by atoms with Crippen molar-refractivity contribution in [3.05, 3.63) is 71.2 Å². The second kappa shape index (κ2) is 8.89. The summed E-state index contributed by atoms with van der Waals surface area (Å²) < 4.78 is 10.6. The summed E-state index contributed by atoms with van der Waals surface area (Å²) in [4.78, 5) is 16.6. The first-order valence-corrected chi connectivity index (χ1v) is 9.91. The van der Waals surface area contributed by atoms with E-state index in [1.54, 1.807) is 20.4 Å². The van der Waals surface area contributed by atoms with Gasteiger partial charge in [-0.2, -0.15) is 0 Å². The molecule has 0 unspecified atom stereocenters. The van der Waals surface area contributed by atoms with Crippen LogP contribution in [0.25, 0.3) is 0 Å². The molecular formula is C22H24N2O3S. The average Bonchev–Trinajstić information content (AvgIpc) is 3.25. The Morgan fingerprint density at radius 1 is 1.00 bits per heavy atom. The molecule has 28 heavy (non-hydrogen) atoms. The maximum Gasteiger partial charge on any atom is 0.226 e. The monoisotopic (exact) mass is 396 g/mol. The third kappa shape index (κ3) is 4.51. The van der Waals surface area contributed by atoms with E-state index in [2.05, 4.69) is 41.5 Å². The summed E-state index contributed by atoms with van der Waals surface area (Å²) in [6.45, 7) is 2.16. The Bertz CT molecular complexity index is 843. The number of aromatic nitrogens is 1. The number of thiazole rings is 1. The van der Waals surface area contributed by atoms with Crippen molar-refractivity contribution in [1.29, 1.82) is 0 Å². The maximum atomic E-state index is 12.4. The van der Waals surface area contributed by atoms with E-state index in [1.807, 2.05) is 29.6 Å². The zero-order chi connectivity index (χ0) is 20.0. The van der Waals surface area contributed by atoms with Gasteiger partial charge in [-0.1, -0.05) is 31.2 Å². The number of carbonyl (C=O) groups excluding carboxylic acids is 1. The van der Waals surface area contributed by atoms with Crippen LogP contribution in [0.15, 0.2) is 60.1 Å². The fourth-order valence-corrected chi connectivity index (χ4v) is 3.75. The van der Waals surface area contributed by atoms with Gasteiger partial charge in [0.25, 0.3) is 0 Å². The van der Waals surface area contributed by atoms with Crippen molar-refractivity contribution in [3.8, 4) is 11.5 Å². The molecule has 3 aromatic rings. The van der Waals surface area contributed by atoms with E-state index in [0.717, 1.165) is 22.6 Å². The lowest BCUT2D eigenvalue weighted by Gasteiger charge is -2.31. The quantitative estimate of drug-likeness (QED) is 0.589. The fraction of sp³-hybridized carbons (Fsp3) is 0.273. The molecule has 0 spiro atoms. The molecule has 1 aromatic heterocycles. The number of ether oxygens (including phenoxy) is 2. The first-order chi connectivity index (χ1) is 13.5. The van der Waals surface area contributed by atoms with Gasteiger partial charge in [0.05, 0.1) is 14.2 Å². The zero-order valence-electron chi connectivity index (χ0n) is 16.3. The van der Waals surface area contributed by atoms with Crippen LogP contribution in [-0.2, 0) is 10.2 Å². The van der Waals surface area contributed by atoms with Crippen LogP contribution in [0, 0.1) is 0 Å². The first kappa shape index (κ1) is 19.9. The Balaban J connectivity index is 1.85. The Kier molecular flexibility index (Phi) is 6.31. The number of hydrogen-bond donors (Lipinski definition) is 1. The zero-order valence-corrected chi connectivity index (χ0v) is 17.1. The van der Waals surface area contributed by atoms with Gasteiger partial charge in [-0.3, -0.25) is 4.79 Å². The number of carbonyl (C=O) groups is 1. The Hall–Kier alpha value is -2.86. The second-order valence-corrected chi connectivity index (χ2v) is 7.57. The average molecular weight is 397 g/mol. The van der Waals surface area contributed by atoms with Crippen LogP contribution >= 0.6 is 11.3 Å².